The molecular formula is C16H14N4O3S. The minimum absolute atomic E-state index is 0.0784. The summed E-state index contributed by atoms with van der Waals surface area (Å²) in [5, 5.41) is 3.61. The second-order valence-electron chi connectivity index (χ2n) is 6.11. The summed E-state index contributed by atoms with van der Waals surface area (Å²) in [4.78, 5) is 22.3. The number of nitrogens with one attached hydrogen (secondary N) is 1. The largest absolute Gasteiger partial charge is 0.493 e. The van der Waals surface area contributed by atoms with Crippen LogP contribution in [0.4, 0.5) is 9.93 Å². The van der Waals surface area contributed by atoms with Gasteiger partial charge in [-0.1, -0.05) is 11.3 Å². The monoisotopic (exact) mass is 342 g/mol. The number of nitrogens with zero attached hydrogens (tertiary/aromatic N) is 3. The number of carbonyl (C=O) groups excluding carboxylic acids is 1. The Labute approximate surface area is 142 Å². The van der Waals surface area contributed by atoms with Crippen LogP contribution in [0.2, 0.25) is 0 Å². The number of fused-ring (bicyclic) bond motifs is 4. The Kier molecular flexibility index (Phi) is 2.96. The maximum atomic E-state index is 12.5. The smallest absolute Gasteiger partial charge is 0.324 e. The Morgan fingerprint density at radius 1 is 1.50 bits per heavy atom. The van der Waals surface area contributed by atoms with Crippen molar-refractivity contribution in [3.05, 3.63) is 29.1 Å². The second kappa shape index (κ2) is 5.06. The van der Waals surface area contributed by atoms with Gasteiger partial charge in [-0.25, -0.2) is 16.4 Å². The van der Waals surface area contributed by atoms with E-state index in [1.165, 1.54) is 11.3 Å². The fourth-order valence-corrected chi connectivity index (χ4v) is 4.78. The molecule has 2 saturated heterocycles. The Bertz CT molecular complexity index is 889. The molecule has 5 rings (SSSR count). The van der Waals surface area contributed by atoms with Crippen molar-refractivity contribution in [1.82, 2.24) is 10.3 Å². The first-order valence-corrected chi connectivity index (χ1v) is 8.67. The van der Waals surface area contributed by atoms with Crippen molar-refractivity contribution in [2.45, 2.75) is 24.6 Å². The van der Waals surface area contributed by atoms with Gasteiger partial charge in [0.25, 0.3) is 0 Å². The molecule has 0 aliphatic carbocycles. The molecule has 3 atom stereocenters. The van der Waals surface area contributed by atoms with E-state index in [0.29, 0.717) is 18.3 Å². The summed E-state index contributed by atoms with van der Waals surface area (Å²) < 4.78 is 12.3. The standard InChI is InChI=1S/C16H14N4O3S/c1-17-6-11-14-9(7-23-11)18-15(21)20(14)16-19-13-8-4-5-22-10(8)2-3-12(13)24-16/h2-3,9,11,14H,4-7H2,(H,18,21)/t9-,11+,14-/m0/s1. The summed E-state index contributed by atoms with van der Waals surface area (Å²) in [5.41, 5.74) is 2.04. The number of ether oxygens (including phenoxy) is 2. The Morgan fingerprint density at radius 2 is 2.42 bits per heavy atom. The number of amides is 2. The van der Waals surface area contributed by atoms with E-state index in [0.717, 1.165) is 28.0 Å². The predicted octanol–water partition coefficient (Wildman–Crippen LogP) is 1.82. The van der Waals surface area contributed by atoms with Gasteiger partial charge in [0.15, 0.2) is 11.2 Å². The lowest BCUT2D eigenvalue weighted by Crippen LogP contribution is -2.43. The van der Waals surface area contributed by atoms with Gasteiger partial charge in [-0.3, -0.25) is 4.90 Å². The Morgan fingerprint density at radius 3 is 3.29 bits per heavy atom. The van der Waals surface area contributed by atoms with E-state index >= 15 is 0 Å². The van der Waals surface area contributed by atoms with Gasteiger partial charge in [0.1, 0.15) is 5.75 Å². The molecule has 0 spiro atoms. The van der Waals surface area contributed by atoms with E-state index in [9.17, 15) is 4.79 Å². The first kappa shape index (κ1) is 14.0. The van der Waals surface area contributed by atoms with Gasteiger partial charge in [0.05, 0.1) is 35.5 Å². The number of anilines is 1. The van der Waals surface area contributed by atoms with Crippen LogP contribution in [0.5, 0.6) is 5.75 Å². The molecule has 2 amide bonds. The third-order valence-electron chi connectivity index (χ3n) is 4.81. The van der Waals surface area contributed by atoms with Crippen molar-refractivity contribution in [3.63, 3.8) is 0 Å². The average Bonchev–Trinajstić information content (AvgIpc) is 3.29. The highest BCUT2D eigenvalue weighted by molar-refractivity contribution is 7.22. The van der Waals surface area contributed by atoms with E-state index in [1.54, 1.807) is 4.90 Å². The molecule has 0 bridgehead atoms. The zero-order valence-corrected chi connectivity index (χ0v) is 13.5. The number of aromatic nitrogens is 1. The fraction of sp³-hybridized carbons (Fsp3) is 0.438. The van der Waals surface area contributed by atoms with Gasteiger partial charge in [0.2, 0.25) is 6.54 Å². The number of rotatable bonds is 2. The highest BCUT2D eigenvalue weighted by Gasteiger charge is 2.52. The van der Waals surface area contributed by atoms with Crippen LogP contribution < -0.4 is 15.0 Å². The SMILES string of the molecule is [C-]#[N+]C[C@H]1OC[C@@H]2NC(=O)N(c3nc4c5c(ccc4s3)OCC5)[C@@H]21. The first-order chi connectivity index (χ1) is 11.8. The van der Waals surface area contributed by atoms with Crippen LogP contribution in [-0.4, -0.2) is 49.0 Å². The lowest BCUT2D eigenvalue weighted by molar-refractivity contribution is 0.111. The zero-order chi connectivity index (χ0) is 16.3. The molecule has 1 N–H and O–H groups in total. The summed E-state index contributed by atoms with van der Waals surface area (Å²) in [6.45, 7) is 8.48. The van der Waals surface area contributed by atoms with Gasteiger partial charge in [-0.15, -0.1) is 0 Å². The number of hydrogen-bond acceptors (Lipinski definition) is 5. The third kappa shape index (κ3) is 1.85. The number of hydrogen-bond donors (Lipinski definition) is 1. The van der Waals surface area contributed by atoms with E-state index < -0.39 is 0 Å². The summed E-state index contributed by atoms with van der Waals surface area (Å²) in [6, 6.07) is 3.56. The number of urea groups is 1. The number of benzene rings is 1. The van der Waals surface area contributed by atoms with Crippen molar-refractivity contribution >= 4 is 32.7 Å². The van der Waals surface area contributed by atoms with Crippen molar-refractivity contribution in [3.8, 4) is 5.75 Å². The fourth-order valence-electron chi connectivity index (χ4n) is 3.75. The summed E-state index contributed by atoms with van der Waals surface area (Å²) in [7, 11) is 0. The quantitative estimate of drug-likeness (QED) is 0.846. The van der Waals surface area contributed by atoms with Crippen LogP contribution in [0, 0.1) is 6.57 Å². The second-order valence-corrected chi connectivity index (χ2v) is 7.12. The molecule has 8 heteroatoms. The predicted molar refractivity (Wildman–Crippen MR) is 88.6 cm³/mol. The Hall–Kier alpha value is -2.37. The van der Waals surface area contributed by atoms with Gasteiger partial charge >= 0.3 is 6.03 Å². The van der Waals surface area contributed by atoms with Crippen LogP contribution in [0.1, 0.15) is 5.56 Å². The molecule has 0 saturated carbocycles. The first-order valence-electron chi connectivity index (χ1n) is 7.86. The van der Waals surface area contributed by atoms with Gasteiger partial charge in [0, 0.05) is 12.0 Å². The van der Waals surface area contributed by atoms with Crippen molar-refractivity contribution in [1.29, 1.82) is 0 Å². The molecule has 1 aromatic carbocycles. The molecule has 2 aromatic rings. The molecule has 0 unspecified atom stereocenters. The minimum atomic E-state index is -0.271. The lowest BCUT2D eigenvalue weighted by atomic mass is 10.1. The molecule has 24 heavy (non-hydrogen) atoms. The van der Waals surface area contributed by atoms with Crippen LogP contribution in [0.3, 0.4) is 0 Å². The van der Waals surface area contributed by atoms with Crippen LogP contribution in [0.25, 0.3) is 15.1 Å². The maximum absolute atomic E-state index is 12.5. The summed E-state index contributed by atoms with van der Waals surface area (Å²) >= 11 is 1.50. The summed E-state index contributed by atoms with van der Waals surface area (Å²) in [5.74, 6) is 0.887. The Balaban J connectivity index is 1.59. The van der Waals surface area contributed by atoms with Crippen LogP contribution in [0.15, 0.2) is 12.1 Å². The topological polar surface area (TPSA) is 68.0 Å². The van der Waals surface area contributed by atoms with Crippen LogP contribution in [-0.2, 0) is 11.2 Å². The molecule has 3 aliphatic heterocycles. The van der Waals surface area contributed by atoms with Gasteiger partial charge < -0.3 is 19.6 Å². The molecular weight excluding hydrogens is 328 g/mol. The lowest BCUT2D eigenvalue weighted by Gasteiger charge is -2.21. The average molecular weight is 342 g/mol. The van der Waals surface area contributed by atoms with Crippen molar-refractivity contribution < 1.29 is 14.3 Å². The normalized spacial score (nSPS) is 27.7. The molecule has 1 aromatic heterocycles. The van der Waals surface area contributed by atoms with Crippen molar-refractivity contribution in [2.24, 2.45) is 0 Å². The third-order valence-corrected chi connectivity index (χ3v) is 5.83. The van der Waals surface area contributed by atoms with E-state index in [4.69, 9.17) is 21.0 Å². The van der Waals surface area contributed by atoms with E-state index in [1.807, 2.05) is 12.1 Å². The molecule has 3 aliphatic rings. The maximum Gasteiger partial charge on any atom is 0.324 e. The van der Waals surface area contributed by atoms with Crippen LogP contribution >= 0.6 is 11.3 Å². The number of carbonyl (C=O) groups is 1. The minimum Gasteiger partial charge on any atom is -0.493 e. The zero-order valence-electron chi connectivity index (χ0n) is 12.7. The van der Waals surface area contributed by atoms with Crippen molar-refractivity contribution in [2.75, 3.05) is 24.7 Å². The van der Waals surface area contributed by atoms with E-state index in [2.05, 4.69) is 10.2 Å². The molecule has 4 heterocycles. The van der Waals surface area contributed by atoms with E-state index in [-0.39, 0.29) is 30.8 Å². The molecule has 2 fully saturated rings. The highest BCUT2D eigenvalue weighted by atomic mass is 32.1. The van der Waals surface area contributed by atoms with Gasteiger partial charge in [-0.05, 0) is 12.1 Å². The highest BCUT2D eigenvalue weighted by Crippen LogP contribution is 2.40. The van der Waals surface area contributed by atoms with Gasteiger partial charge in [-0.2, -0.15) is 0 Å². The molecule has 122 valence electrons. The molecule has 7 nitrogen and oxygen atoms in total. The summed E-state index contributed by atoms with van der Waals surface area (Å²) in [6.07, 6.45) is 0.574. The number of thiazole rings is 1. The molecule has 0 radical (unpaired) electrons.